The minimum atomic E-state index is 0.547. The SMILES string of the molecule is c1ccc2oc(-c3ccc(-c4nc(-c5ccc(-c6ccc(-c7cccc8c7oc7ccccc78)cc6)cc5)nc(-c5ccc(-c6nc7ccccc7o6)cc5)n4)cc3)nc2c1. The summed E-state index contributed by atoms with van der Waals surface area (Å²) in [6, 6.07) is 62.9. The molecule has 61 heavy (non-hydrogen) atoms. The van der Waals surface area contributed by atoms with E-state index in [1.165, 1.54) is 0 Å². The van der Waals surface area contributed by atoms with Gasteiger partial charge in [0.05, 0.1) is 0 Å². The molecule has 286 valence electrons. The minimum Gasteiger partial charge on any atom is -0.455 e. The fourth-order valence-corrected chi connectivity index (χ4v) is 7.91. The zero-order valence-corrected chi connectivity index (χ0v) is 32.4. The number of hydrogen-bond donors (Lipinski definition) is 0. The van der Waals surface area contributed by atoms with Crippen molar-refractivity contribution in [1.29, 1.82) is 0 Å². The summed E-state index contributed by atoms with van der Waals surface area (Å²) in [5.41, 5.74) is 13.5. The molecular formula is C53H31N5O3. The lowest BCUT2D eigenvalue weighted by Gasteiger charge is -2.10. The van der Waals surface area contributed by atoms with E-state index in [0.29, 0.717) is 29.3 Å². The molecule has 8 nitrogen and oxygen atoms in total. The van der Waals surface area contributed by atoms with Gasteiger partial charge >= 0.3 is 0 Å². The highest BCUT2D eigenvalue weighted by Gasteiger charge is 2.16. The fourth-order valence-electron chi connectivity index (χ4n) is 7.91. The maximum absolute atomic E-state index is 6.32. The van der Waals surface area contributed by atoms with E-state index in [0.717, 1.165) is 94.2 Å². The zero-order valence-electron chi connectivity index (χ0n) is 32.4. The molecule has 8 heteroatoms. The highest BCUT2D eigenvalue weighted by Crippen LogP contribution is 2.37. The van der Waals surface area contributed by atoms with Crippen molar-refractivity contribution in [3.05, 3.63) is 188 Å². The molecule has 0 bridgehead atoms. The van der Waals surface area contributed by atoms with Gasteiger partial charge in [-0.2, -0.15) is 0 Å². The van der Waals surface area contributed by atoms with Crippen LogP contribution in [0.2, 0.25) is 0 Å². The first-order chi connectivity index (χ1) is 30.2. The number of para-hydroxylation sites is 6. The lowest BCUT2D eigenvalue weighted by molar-refractivity contribution is 0.619. The molecular weight excluding hydrogens is 755 g/mol. The van der Waals surface area contributed by atoms with Crippen LogP contribution in [-0.4, -0.2) is 24.9 Å². The molecule has 0 fully saturated rings. The summed E-state index contributed by atoms with van der Waals surface area (Å²) in [4.78, 5) is 24.4. The lowest BCUT2D eigenvalue weighted by Crippen LogP contribution is -2.00. The summed E-state index contributed by atoms with van der Waals surface area (Å²) in [6.07, 6.45) is 0. The molecule has 4 aromatic heterocycles. The van der Waals surface area contributed by atoms with Gasteiger partial charge in [0, 0.05) is 44.2 Å². The van der Waals surface area contributed by atoms with Crippen LogP contribution in [0.25, 0.3) is 123 Å². The average Bonchev–Trinajstić information content (AvgIpc) is 4.08. The number of nitrogens with zero attached hydrogens (tertiary/aromatic N) is 5. The molecule has 0 unspecified atom stereocenters. The van der Waals surface area contributed by atoms with Crippen LogP contribution >= 0.6 is 0 Å². The van der Waals surface area contributed by atoms with E-state index in [4.69, 9.17) is 28.2 Å². The Hall–Kier alpha value is -8.49. The lowest BCUT2D eigenvalue weighted by atomic mass is 9.98. The van der Waals surface area contributed by atoms with Gasteiger partial charge in [0.1, 0.15) is 22.2 Å². The molecule has 0 aliphatic heterocycles. The number of oxazole rings is 2. The van der Waals surface area contributed by atoms with Crippen LogP contribution in [0.1, 0.15) is 0 Å². The second-order valence-electron chi connectivity index (χ2n) is 14.9. The van der Waals surface area contributed by atoms with Crippen molar-refractivity contribution < 1.29 is 13.3 Å². The number of furan rings is 1. The third-order valence-corrected chi connectivity index (χ3v) is 11.1. The molecule has 12 aromatic rings. The summed E-state index contributed by atoms with van der Waals surface area (Å²) in [5.74, 6) is 2.77. The van der Waals surface area contributed by atoms with Gasteiger partial charge in [-0.25, -0.2) is 24.9 Å². The molecule has 0 saturated heterocycles. The predicted octanol–water partition coefficient (Wildman–Crippen LogP) is 13.7. The van der Waals surface area contributed by atoms with Crippen LogP contribution < -0.4 is 0 Å². The molecule has 0 aliphatic rings. The van der Waals surface area contributed by atoms with E-state index in [-0.39, 0.29) is 0 Å². The largest absolute Gasteiger partial charge is 0.455 e. The Morgan fingerprint density at radius 3 is 1.15 bits per heavy atom. The summed E-state index contributed by atoms with van der Waals surface area (Å²) in [6.45, 7) is 0. The van der Waals surface area contributed by atoms with Gasteiger partial charge in [0.25, 0.3) is 0 Å². The van der Waals surface area contributed by atoms with E-state index in [1.807, 2.05) is 115 Å². The number of rotatable bonds is 7. The van der Waals surface area contributed by atoms with Gasteiger partial charge in [0.15, 0.2) is 28.6 Å². The first-order valence-electron chi connectivity index (χ1n) is 20.0. The maximum atomic E-state index is 6.32. The smallest absolute Gasteiger partial charge is 0.227 e. The van der Waals surface area contributed by atoms with Gasteiger partial charge in [0.2, 0.25) is 11.8 Å². The molecule has 0 amide bonds. The van der Waals surface area contributed by atoms with Crippen molar-refractivity contribution >= 4 is 44.1 Å². The Kier molecular flexibility index (Phi) is 7.99. The second kappa shape index (κ2) is 14.1. The molecule has 0 atom stereocenters. The highest BCUT2D eigenvalue weighted by molar-refractivity contribution is 6.09. The first kappa shape index (κ1) is 34.5. The minimum absolute atomic E-state index is 0.547. The highest BCUT2D eigenvalue weighted by atomic mass is 16.4. The van der Waals surface area contributed by atoms with Gasteiger partial charge in [-0.05, 0) is 71.3 Å². The third kappa shape index (κ3) is 6.22. The molecule has 8 aromatic carbocycles. The summed E-state index contributed by atoms with van der Waals surface area (Å²) < 4.78 is 18.4. The quantitative estimate of drug-likeness (QED) is 0.157. The number of benzene rings is 8. The second-order valence-corrected chi connectivity index (χ2v) is 14.9. The third-order valence-electron chi connectivity index (χ3n) is 11.1. The van der Waals surface area contributed by atoms with Gasteiger partial charge in [-0.15, -0.1) is 0 Å². The van der Waals surface area contributed by atoms with Crippen molar-refractivity contribution in [2.45, 2.75) is 0 Å². The van der Waals surface area contributed by atoms with Gasteiger partial charge < -0.3 is 13.3 Å². The fraction of sp³-hybridized carbons (Fsp3) is 0. The molecule has 0 radical (unpaired) electrons. The van der Waals surface area contributed by atoms with E-state index in [1.54, 1.807) is 0 Å². The van der Waals surface area contributed by atoms with E-state index in [9.17, 15) is 0 Å². The van der Waals surface area contributed by atoms with Crippen molar-refractivity contribution in [3.63, 3.8) is 0 Å². The summed E-state index contributed by atoms with van der Waals surface area (Å²) in [5, 5.41) is 2.24. The van der Waals surface area contributed by atoms with E-state index >= 15 is 0 Å². The Morgan fingerprint density at radius 1 is 0.262 bits per heavy atom. The molecule has 4 heterocycles. The van der Waals surface area contributed by atoms with Crippen molar-refractivity contribution in [2.24, 2.45) is 0 Å². The zero-order chi connectivity index (χ0) is 40.3. The molecule has 0 saturated carbocycles. The van der Waals surface area contributed by atoms with Crippen LogP contribution in [0, 0.1) is 0 Å². The van der Waals surface area contributed by atoms with Gasteiger partial charge in [-0.3, -0.25) is 0 Å². The van der Waals surface area contributed by atoms with Crippen molar-refractivity contribution in [2.75, 3.05) is 0 Å². The van der Waals surface area contributed by atoms with Crippen LogP contribution in [0.15, 0.2) is 201 Å². The number of aromatic nitrogens is 5. The molecule has 0 aliphatic carbocycles. The Balaban J connectivity index is 0.879. The van der Waals surface area contributed by atoms with Crippen molar-refractivity contribution in [1.82, 2.24) is 24.9 Å². The molecule has 0 spiro atoms. The summed E-state index contributed by atoms with van der Waals surface area (Å²) in [7, 11) is 0. The Labute approximate surface area is 348 Å². The Morgan fingerprint density at radius 2 is 0.656 bits per heavy atom. The van der Waals surface area contributed by atoms with Crippen LogP contribution in [0.5, 0.6) is 0 Å². The average molecular weight is 786 g/mol. The maximum Gasteiger partial charge on any atom is 0.227 e. The summed E-state index contributed by atoms with van der Waals surface area (Å²) >= 11 is 0. The molecule has 12 rings (SSSR count). The monoisotopic (exact) mass is 785 g/mol. The number of fused-ring (bicyclic) bond motifs is 5. The topological polar surface area (TPSA) is 104 Å². The van der Waals surface area contributed by atoms with Crippen LogP contribution in [0.3, 0.4) is 0 Å². The first-order valence-corrected chi connectivity index (χ1v) is 20.0. The standard InChI is InChI=1S/C53H31N5O3/c1-4-13-45-41(8-1)42-10-7-9-40(48(42)59-45)34-20-16-32(17-21-34)33-18-22-35(23-19-33)49-56-50(36-24-28-38(29-25-36)52-54-43-11-2-5-14-46(43)60-52)58-51(57-49)37-26-30-39(31-27-37)53-55-44-12-3-6-15-47(44)61-53/h1-31H. The predicted molar refractivity (Wildman–Crippen MR) is 240 cm³/mol. The normalized spacial score (nSPS) is 11.6. The Bertz CT molecular complexity index is 3370. The van der Waals surface area contributed by atoms with Crippen LogP contribution in [0.4, 0.5) is 0 Å². The van der Waals surface area contributed by atoms with E-state index in [2.05, 4.69) is 82.8 Å². The number of hydrogen-bond acceptors (Lipinski definition) is 8. The molecule has 0 N–H and O–H groups in total. The van der Waals surface area contributed by atoms with Crippen molar-refractivity contribution in [3.8, 4) is 79.3 Å². The van der Waals surface area contributed by atoms with Crippen LogP contribution in [-0.2, 0) is 0 Å². The van der Waals surface area contributed by atoms with Gasteiger partial charge in [-0.1, -0.05) is 133 Å². The van der Waals surface area contributed by atoms with E-state index < -0.39 is 0 Å².